The third kappa shape index (κ3) is 3.49. The van der Waals surface area contributed by atoms with Crippen molar-refractivity contribution < 1.29 is 9.90 Å². The molecule has 1 fully saturated rings. The van der Waals surface area contributed by atoms with E-state index in [0.29, 0.717) is 6.04 Å². The zero-order chi connectivity index (χ0) is 13.0. The molecule has 0 saturated heterocycles. The lowest BCUT2D eigenvalue weighted by Crippen LogP contribution is -2.23. The van der Waals surface area contributed by atoms with Crippen LogP contribution in [0, 0.1) is 5.92 Å². The van der Waals surface area contributed by atoms with Crippen molar-refractivity contribution in [2.75, 3.05) is 5.32 Å². The molecule has 1 aliphatic rings. The first-order valence-electron chi connectivity index (χ1n) is 6.72. The molecule has 1 aromatic rings. The lowest BCUT2D eigenvalue weighted by molar-refractivity contribution is -0.136. The minimum atomic E-state index is -0.782. The highest BCUT2D eigenvalue weighted by atomic mass is 16.4. The van der Waals surface area contributed by atoms with E-state index in [1.54, 1.807) is 0 Å². The summed E-state index contributed by atoms with van der Waals surface area (Å²) in [4.78, 5) is 10.6. The minimum absolute atomic E-state index is 0.0957. The third-order valence-electron chi connectivity index (χ3n) is 3.81. The summed E-state index contributed by atoms with van der Waals surface area (Å²) in [6, 6.07) is 8.22. The topological polar surface area (TPSA) is 49.3 Å². The van der Waals surface area contributed by atoms with E-state index in [1.807, 2.05) is 24.3 Å². The number of hydrogen-bond acceptors (Lipinski definition) is 2. The predicted octanol–water partition coefficient (Wildman–Crippen LogP) is 3.30. The van der Waals surface area contributed by atoms with Gasteiger partial charge in [-0.25, -0.2) is 0 Å². The van der Waals surface area contributed by atoms with Gasteiger partial charge in [-0.1, -0.05) is 25.0 Å². The van der Waals surface area contributed by atoms with Gasteiger partial charge in [-0.2, -0.15) is 0 Å². The van der Waals surface area contributed by atoms with Gasteiger partial charge in [0.05, 0.1) is 6.42 Å². The van der Waals surface area contributed by atoms with E-state index in [2.05, 4.69) is 12.2 Å². The van der Waals surface area contributed by atoms with Crippen molar-refractivity contribution in [2.24, 2.45) is 5.92 Å². The van der Waals surface area contributed by atoms with E-state index in [4.69, 9.17) is 5.11 Å². The molecule has 18 heavy (non-hydrogen) atoms. The molecule has 0 aliphatic heterocycles. The van der Waals surface area contributed by atoms with Crippen LogP contribution in [0.15, 0.2) is 24.3 Å². The van der Waals surface area contributed by atoms with Crippen LogP contribution in [0.25, 0.3) is 0 Å². The van der Waals surface area contributed by atoms with E-state index < -0.39 is 5.97 Å². The zero-order valence-corrected chi connectivity index (χ0v) is 10.9. The van der Waals surface area contributed by atoms with Crippen LogP contribution in [0.5, 0.6) is 0 Å². The van der Waals surface area contributed by atoms with Crippen LogP contribution in [-0.2, 0) is 11.2 Å². The molecule has 98 valence electrons. The molecule has 2 rings (SSSR count). The average molecular weight is 247 g/mol. The number of rotatable bonds is 5. The molecular formula is C15H21NO2. The highest BCUT2D eigenvalue weighted by molar-refractivity contribution is 5.70. The Bertz CT molecular complexity index is 393. The summed E-state index contributed by atoms with van der Waals surface area (Å²) >= 11 is 0. The van der Waals surface area contributed by atoms with Gasteiger partial charge in [-0.15, -0.1) is 0 Å². The fourth-order valence-corrected chi connectivity index (χ4v) is 2.73. The van der Waals surface area contributed by atoms with Gasteiger partial charge in [-0.05, 0) is 43.4 Å². The quantitative estimate of drug-likeness (QED) is 0.839. The van der Waals surface area contributed by atoms with Crippen molar-refractivity contribution in [3.05, 3.63) is 29.8 Å². The molecule has 0 spiro atoms. The molecule has 1 aliphatic carbocycles. The third-order valence-corrected chi connectivity index (χ3v) is 3.81. The second kappa shape index (κ2) is 5.89. The number of benzene rings is 1. The first-order chi connectivity index (χ1) is 8.65. The van der Waals surface area contributed by atoms with Gasteiger partial charge in [0.2, 0.25) is 0 Å². The largest absolute Gasteiger partial charge is 0.481 e. The van der Waals surface area contributed by atoms with Gasteiger partial charge >= 0.3 is 5.97 Å². The molecule has 3 nitrogen and oxygen atoms in total. The first kappa shape index (κ1) is 12.9. The van der Waals surface area contributed by atoms with E-state index in [-0.39, 0.29) is 6.42 Å². The molecular weight excluding hydrogens is 226 g/mol. The number of nitrogens with one attached hydrogen (secondary N) is 1. The fraction of sp³-hybridized carbons (Fsp3) is 0.533. The van der Waals surface area contributed by atoms with E-state index in [1.165, 1.54) is 25.7 Å². The number of carbonyl (C=O) groups is 1. The smallest absolute Gasteiger partial charge is 0.307 e. The molecule has 2 N–H and O–H groups in total. The Labute approximate surface area is 108 Å². The Balaban J connectivity index is 1.91. The highest BCUT2D eigenvalue weighted by Crippen LogP contribution is 2.29. The summed E-state index contributed by atoms with van der Waals surface area (Å²) < 4.78 is 0. The van der Waals surface area contributed by atoms with Gasteiger partial charge in [0.15, 0.2) is 0 Å². The molecule has 0 radical (unpaired) electrons. The van der Waals surface area contributed by atoms with Gasteiger partial charge in [-0.3, -0.25) is 4.79 Å². The van der Waals surface area contributed by atoms with Crippen molar-refractivity contribution in [1.29, 1.82) is 0 Å². The lowest BCUT2D eigenvalue weighted by Gasteiger charge is -2.21. The molecule has 0 bridgehead atoms. The highest BCUT2D eigenvalue weighted by Gasteiger charge is 2.21. The summed E-state index contributed by atoms with van der Waals surface area (Å²) in [5.41, 5.74) is 1.94. The molecule has 0 amide bonds. The summed E-state index contributed by atoms with van der Waals surface area (Å²) in [5, 5.41) is 12.2. The van der Waals surface area contributed by atoms with Crippen molar-refractivity contribution in [3.63, 3.8) is 0 Å². The average Bonchev–Trinajstić information content (AvgIpc) is 2.84. The summed E-state index contributed by atoms with van der Waals surface area (Å²) in [6.45, 7) is 2.24. The van der Waals surface area contributed by atoms with Crippen molar-refractivity contribution >= 4 is 11.7 Å². The predicted molar refractivity (Wildman–Crippen MR) is 72.8 cm³/mol. The van der Waals surface area contributed by atoms with Crippen LogP contribution in [0.1, 0.15) is 38.2 Å². The molecule has 1 saturated carbocycles. The van der Waals surface area contributed by atoms with Crippen molar-refractivity contribution in [2.45, 2.75) is 45.1 Å². The fourth-order valence-electron chi connectivity index (χ4n) is 2.73. The van der Waals surface area contributed by atoms with Crippen molar-refractivity contribution in [3.8, 4) is 0 Å². The van der Waals surface area contributed by atoms with Crippen LogP contribution >= 0.6 is 0 Å². The summed E-state index contributed by atoms with van der Waals surface area (Å²) in [5.74, 6) is -0.00118. The molecule has 1 unspecified atom stereocenters. The Hall–Kier alpha value is -1.51. The Morgan fingerprint density at radius 2 is 1.94 bits per heavy atom. The standard InChI is InChI=1S/C15H21NO2/c1-11(13-4-2-3-5-13)16-14-8-6-12(7-9-14)10-15(17)18/h6-9,11,13,16H,2-5,10H2,1H3,(H,17,18). The van der Waals surface area contributed by atoms with Gasteiger partial charge in [0.25, 0.3) is 0 Å². The molecule has 0 aromatic heterocycles. The number of anilines is 1. The van der Waals surface area contributed by atoms with Crippen LogP contribution in [0.3, 0.4) is 0 Å². The second-order valence-corrected chi connectivity index (χ2v) is 5.24. The van der Waals surface area contributed by atoms with Crippen LogP contribution < -0.4 is 5.32 Å². The first-order valence-corrected chi connectivity index (χ1v) is 6.72. The van der Waals surface area contributed by atoms with Crippen LogP contribution in [0.2, 0.25) is 0 Å². The number of carboxylic acids is 1. The van der Waals surface area contributed by atoms with Crippen LogP contribution in [-0.4, -0.2) is 17.1 Å². The number of hydrogen-bond donors (Lipinski definition) is 2. The van der Waals surface area contributed by atoms with Crippen molar-refractivity contribution in [1.82, 2.24) is 0 Å². The summed E-state index contributed by atoms with van der Waals surface area (Å²) in [7, 11) is 0. The Morgan fingerprint density at radius 1 is 1.33 bits per heavy atom. The molecule has 1 atom stereocenters. The maximum absolute atomic E-state index is 10.6. The number of carboxylic acid groups (broad SMARTS) is 1. The number of aliphatic carboxylic acids is 1. The Morgan fingerprint density at radius 3 is 2.50 bits per heavy atom. The zero-order valence-electron chi connectivity index (χ0n) is 10.9. The molecule has 0 heterocycles. The maximum atomic E-state index is 10.6. The maximum Gasteiger partial charge on any atom is 0.307 e. The van der Waals surface area contributed by atoms with Gasteiger partial charge in [0, 0.05) is 11.7 Å². The Kier molecular flexibility index (Phi) is 4.24. The SMILES string of the molecule is CC(Nc1ccc(CC(=O)O)cc1)C1CCCC1. The van der Waals surface area contributed by atoms with Gasteiger partial charge in [0.1, 0.15) is 0 Å². The summed E-state index contributed by atoms with van der Waals surface area (Å²) in [6.07, 6.45) is 5.46. The molecule has 1 aromatic carbocycles. The molecule has 3 heteroatoms. The van der Waals surface area contributed by atoms with E-state index >= 15 is 0 Å². The normalized spacial score (nSPS) is 17.6. The minimum Gasteiger partial charge on any atom is -0.481 e. The van der Waals surface area contributed by atoms with Gasteiger partial charge < -0.3 is 10.4 Å². The van der Waals surface area contributed by atoms with Crippen LogP contribution in [0.4, 0.5) is 5.69 Å². The van der Waals surface area contributed by atoms with E-state index in [0.717, 1.165) is 17.2 Å². The van der Waals surface area contributed by atoms with E-state index in [9.17, 15) is 4.79 Å². The monoisotopic (exact) mass is 247 g/mol. The lowest BCUT2D eigenvalue weighted by atomic mass is 9.99. The second-order valence-electron chi connectivity index (χ2n) is 5.24.